The van der Waals surface area contributed by atoms with Crippen molar-refractivity contribution in [2.24, 2.45) is 0 Å². The first-order valence-electron chi connectivity index (χ1n) is 0.783. The van der Waals surface area contributed by atoms with Gasteiger partial charge in [0.1, 0.15) is 0 Å². The van der Waals surface area contributed by atoms with E-state index in [4.69, 9.17) is 19.2 Å². The van der Waals surface area contributed by atoms with E-state index in [9.17, 15) is 0 Å². The van der Waals surface area contributed by atoms with Crippen LogP contribution in [0, 0.1) is 0 Å². The average Bonchev–Trinajstić information content (AvgIpc) is 0.722. The van der Waals surface area contributed by atoms with Gasteiger partial charge in [0.05, 0.1) is 0 Å². The number of rotatable bonds is 0. The minimum absolute atomic E-state index is 0. The quantitative estimate of drug-likeness (QED) is 0.349. The van der Waals surface area contributed by atoms with E-state index >= 15 is 0 Å². The van der Waals surface area contributed by atoms with Crippen molar-refractivity contribution in [3.63, 3.8) is 0 Å². The summed E-state index contributed by atoms with van der Waals surface area (Å²) < 4.78 is 8.88. The molecule has 0 aromatic rings. The zero-order valence-corrected chi connectivity index (χ0v) is 11.8. The molecule has 4 nitrogen and oxygen atoms in total. The van der Waals surface area contributed by atoms with E-state index in [0.29, 0.717) is 0 Å². The zero-order valence-electron chi connectivity index (χ0n) is 10.3. The average molecular weight is 224 g/mol. The van der Waals surface area contributed by atoms with E-state index in [1.54, 1.807) is 0 Å². The fourth-order valence-corrected chi connectivity index (χ4v) is 0. The molecular weight excluding hydrogens is 215 g/mol. The van der Waals surface area contributed by atoms with Crippen LogP contribution in [-0.2, 0) is 4.57 Å². The van der Waals surface area contributed by atoms with Gasteiger partial charge in [-0.3, -0.25) is 0 Å². The van der Waals surface area contributed by atoms with E-state index in [-0.39, 0.29) is 122 Å². The Morgan fingerprint density at radius 2 is 1.00 bits per heavy atom. The third kappa shape index (κ3) is 51.7. The molecule has 0 rings (SSSR count). The predicted octanol–water partition coefficient (Wildman–Crippen LogP) is -1.40. The molecule has 8 heteroatoms. The maximum absolute atomic E-state index is 8.88. The largest absolute Gasteiger partial charge is 2.00 e. The first-order valence-corrected chi connectivity index (χ1v) is 2.35. The number of phosphoric acid groups is 1. The summed E-state index contributed by atoms with van der Waals surface area (Å²) in [5.74, 6) is 0. The van der Waals surface area contributed by atoms with Gasteiger partial charge in [-0.05, 0) is 0 Å². The molecule has 0 aliphatic heterocycles. The van der Waals surface area contributed by atoms with Crippen LogP contribution >= 0.6 is 7.82 Å². The van der Waals surface area contributed by atoms with Gasteiger partial charge < -0.3 is 23.2 Å². The van der Waals surface area contributed by atoms with E-state index in [0.717, 1.165) is 0 Å². The molecule has 0 aliphatic rings. The summed E-state index contributed by atoms with van der Waals surface area (Å²) in [6.45, 7) is 0. The zero-order chi connectivity index (χ0) is 4.50. The van der Waals surface area contributed by atoms with Gasteiger partial charge in [-0.15, -0.1) is 0 Å². The van der Waals surface area contributed by atoms with Gasteiger partial charge in [0.15, 0.2) is 0 Å². The van der Waals surface area contributed by atoms with E-state index in [2.05, 4.69) is 0 Å². The van der Waals surface area contributed by atoms with Crippen molar-refractivity contribution < 1.29 is 27.8 Å². The molecule has 0 saturated carbocycles. The first-order chi connectivity index (χ1) is 2.00. The minimum Gasteiger partial charge on any atom is -1.00 e. The standard InChI is InChI=1S/3Ca.H3O4P.6H/c;;;1-5(2,3)4;;;;;;/h;;;(H3,1,2,3,4);;;;;;/q3*+2;;6*-1. The third-order valence-corrected chi connectivity index (χ3v) is 0. The Labute approximate surface area is 146 Å². The van der Waals surface area contributed by atoms with Crippen molar-refractivity contribution in [3.8, 4) is 0 Å². The Bertz CT molecular complexity index is 71.2. The number of hydrogen-bond donors (Lipinski definition) is 3. The molecule has 0 bridgehead atoms. The van der Waals surface area contributed by atoms with E-state index in [1.807, 2.05) is 0 Å². The van der Waals surface area contributed by atoms with Crippen LogP contribution in [0.5, 0.6) is 0 Å². The fourth-order valence-electron chi connectivity index (χ4n) is 0. The van der Waals surface area contributed by atoms with Gasteiger partial charge in [0.2, 0.25) is 0 Å². The van der Waals surface area contributed by atoms with E-state index in [1.165, 1.54) is 0 Å². The van der Waals surface area contributed by atoms with Gasteiger partial charge >= 0.3 is 121 Å². The molecule has 0 spiro atoms. The molecule has 0 saturated heterocycles. The Kier molecular flexibility index (Phi) is 30.8. The summed E-state index contributed by atoms with van der Waals surface area (Å²) in [5, 5.41) is 0. The van der Waals surface area contributed by atoms with Gasteiger partial charge in [-0.2, -0.15) is 0 Å². The summed E-state index contributed by atoms with van der Waals surface area (Å²) in [5.41, 5.74) is 0. The molecule has 0 atom stereocenters. The van der Waals surface area contributed by atoms with Crippen molar-refractivity contribution in [2.45, 2.75) is 0 Å². The normalized spacial score (nSPS) is 7.38. The van der Waals surface area contributed by atoms with Crippen LogP contribution in [0.1, 0.15) is 8.56 Å². The van der Waals surface area contributed by atoms with Crippen LogP contribution in [0.15, 0.2) is 0 Å². The monoisotopic (exact) mass is 224 g/mol. The van der Waals surface area contributed by atoms with Gasteiger partial charge in [-0.25, -0.2) is 4.57 Å². The van der Waals surface area contributed by atoms with Crippen LogP contribution in [0.3, 0.4) is 0 Å². The molecule has 8 heavy (non-hydrogen) atoms. The molecule has 0 amide bonds. The molecule has 0 fully saturated rings. The van der Waals surface area contributed by atoms with Gasteiger partial charge in [-0.1, -0.05) is 0 Å². The minimum atomic E-state index is -4.64. The maximum atomic E-state index is 8.88. The molecule has 0 aromatic carbocycles. The Balaban J connectivity index is -0.00000000222. The summed E-state index contributed by atoms with van der Waals surface area (Å²) in [7, 11) is -4.64. The molecule has 0 aromatic heterocycles. The molecule has 0 unspecified atom stereocenters. The molecule has 44 valence electrons. The van der Waals surface area contributed by atoms with Crippen molar-refractivity contribution >= 4 is 121 Å². The summed E-state index contributed by atoms with van der Waals surface area (Å²) >= 11 is 0. The predicted molar refractivity (Wildman–Crippen MR) is 38.2 cm³/mol. The van der Waals surface area contributed by atoms with Crippen LogP contribution in [0.4, 0.5) is 0 Å². The van der Waals surface area contributed by atoms with Crippen molar-refractivity contribution in [3.05, 3.63) is 0 Å². The second-order valence-corrected chi connectivity index (χ2v) is 1.54. The molecule has 0 radical (unpaired) electrons. The van der Waals surface area contributed by atoms with Crippen LogP contribution in [-0.4, -0.2) is 128 Å². The topological polar surface area (TPSA) is 77.8 Å². The van der Waals surface area contributed by atoms with Gasteiger partial charge in [0.25, 0.3) is 0 Å². The van der Waals surface area contributed by atoms with Crippen LogP contribution < -0.4 is 0 Å². The summed E-state index contributed by atoms with van der Waals surface area (Å²) in [6, 6.07) is 0. The molecule has 0 heterocycles. The van der Waals surface area contributed by atoms with Gasteiger partial charge in [0, 0.05) is 0 Å². The second kappa shape index (κ2) is 10.9. The first kappa shape index (κ1) is 22.7. The summed E-state index contributed by atoms with van der Waals surface area (Å²) in [6.07, 6.45) is 0. The van der Waals surface area contributed by atoms with E-state index < -0.39 is 7.82 Å². The van der Waals surface area contributed by atoms with Crippen molar-refractivity contribution in [1.29, 1.82) is 0 Å². The van der Waals surface area contributed by atoms with Crippen molar-refractivity contribution in [2.75, 3.05) is 0 Å². The Morgan fingerprint density at radius 1 is 1.00 bits per heavy atom. The number of hydrogen-bond acceptors (Lipinski definition) is 1. The Hall–Kier alpha value is 3.89. The maximum Gasteiger partial charge on any atom is 2.00 e. The van der Waals surface area contributed by atoms with Crippen LogP contribution in [0.2, 0.25) is 0 Å². The smallest absolute Gasteiger partial charge is 1.00 e. The third-order valence-electron chi connectivity index (χ3n) is 0. The fraction of sp³-hybridized carbons (Fsp3) is 0. The molecular formula is H9Ca3O4P. The summed E-state index contributed by atoms with van der Waals surface area (Å²) in [4.78, 5) is 21.6. The molecule has 0 aliphatic carbocycles. The Morgan fingerprint density at radius 3 is 1.00 bits per heavy atom. The van der Waals surface area contributed by atoms with Crippen molar-refractivity contribution in [1.82, 2.24) is 0 Å². The molecule has 3 N–H and O–H groups in total. The SMILES string of the molecule is O=P(O)(O)O.[Ca+2].[Ca+2].[Ca+2].[H-].[H-].[H-].[H-].[H-].[H-]. The van der Waals surface area contributed by atoms with Crippen LogP contribution in [0.25, 0.3) is 0 Å². The second-order valence-electron chi connectivity index (χ2n) is 0.513.